The van der Waals surface area contributed by atoms with E-state index in [1.54, 1.807) is 38.3 Å². The molecule has 5 heteroatoms. The lowest BCUT2D eigenvalue weighted by atomic mass is 10.6. The molecule has 0 aliphatic heterocycles. The van der Waals surface area contributed by atoms with Gasteiger partial charge < -0.3 is 8.37 Å². The lowest BCUT2D eigenvalue weighted by Gasteiger charge is -2.26. The first kappa shape index (κ1) is 11.8. The van der Waals surface area contributed by atoms with Crippen LogP contribution in [0.3, 0.4) is 0 Å². The summed E-state index contributed by atoms with van der Waals surface area (Å²) in [6.07, 6.45) is 1.10. The maximum Gasteiger partial charge on any atom is 0.0966 e. The predicted octanol–water partition coefficient (Wildman–Crippen LogP) is 1.86. The largest absolute Gasteiger partial charge is 0.317 e. The summed E-state index contributed by atoms with van der Waals surface area (Å²) in [5.41, 5.74) is 0. The van der Waals surface area contributed by atoms with Crippen LogP contribution >= 0.6 is 24.1 Å². The van der Waals surface area contributed by atoms with E-state index in [0.29, 0.717) is 0 Å². The number of hydrogen-bond acceptors (Lipinski definition) is 4. The van der Waals surface area contributed by atoms with Crippen molar-refractivity contribution in [2.45, 2.75) is 23.6 Å². The topological polar surface area (TPSA) is 18.5 Å². The predicted molar refractivity (Wildman–Crippen MR) is 56.6 cm³/mol. The molecule has 0 aliphatic carbocycles. The van der Waals surface area contributed by atoms with Gasteiger partial charge in [-0.25, -0.2) is 0 Å². The summed E-state index contributed by atoms with van der Waals surface area (Å²) in [6.45, 7) is 4.45. The molecular weight excluding hydrogens is 196 g/mol. The van der Waals surface area contributed by atoms with Gasteiger partial charge in [-0.05, 0) is 6.42 Å². The third kappa shape index (κ3) is 3.84. The highest BCUT2D eigenvalue weighted by molar-refractivity contribution is 8.16. The molecule has 68 valence electrons. The Kier molecular flexibility index (Phi) is 6.85. The van der Waals surface area contributed by atoms with E-state index in [9.17, 15) is 0 Å². The Bertz CT molecular complexity index is 90.6. The Morgan fingerprint density at radius 3 is 1.91 bits per heavy atom. The molecule has 0 amide bonds. The first-order valence-electron chi connectivity index (χ1n) is 3.68. The van der Waals surface area contributed by atoms with E-state index in [-0.39, 0.29) is 13.2 Å². The molecule has 0 bridgehead atoms. The lowest BCUT2D eigenvalue weighted by molar-refractivity contribution is 0.472. The van der Waals surface area contributed by atoms with Gasteiger partial charge in [0.2, 0.25) is 0 Å². The van der Waals surface area contributed by atoms with Crippen LogP contribution in [0.2, 0.25) is 6.55 Å². The maximum absolute atomic E-state index is 5.09. The van der Waals surface area contributed by atoms with Crippen molar-refractivity contribution in [3.8, 4) is 0 Å². The average Bonchev–Trinajstić information content (AvgIpc) is 2.04. The average molecular weight is 212 g/mol. The normalized spacial score (nSPS) is 13.1. The van der Waals surface area contributed by atoms with Crippen molar-refractivity contribution < 1.29 is 8.37 Å². The molecule has 0 N–H and O–H groups in total. The van der Waals surface area contributed by atoms with Crippen molar-refractivity contribution in [3.63, 3.8) is 0 Å². The molecule has 0 aromatic heterocycles. The van der Waals surface area contributed by atoms with Crippen LogP contribution in [0.1, 0.15) is 13.3 Å². The molecule has 0 saturated heterocycles. The van der Waals surface area contributed by atoms with Crippen molar-refractivity contribution in [1.82, 2.24) is 0 Å². The Morgan fingerprint density at radius 1 is 1.27 bits per heavy atom. The van der Waals surface area contributed by atoms with E-state index >= 15 is 0 Å². The van der Waals surface area contributed by atoms with Gasteiger partial charge in [0.15, 0.2) is 0 Å². The second-order valence-corrected chi connectivity index (χ2v) is 7.88. The molecule has 0 radical (unpaired) electrons. The van der Waals surface area contributed by atoms with Crippen molar-refractivity contribution in [3.05, 3.63) is 0 Å². The zero-order valence-corrected chi connectivity index (χ0v) is 10.6. The van der Waals surface area contributed by atoms with Gasteiger partial charge in [0.25, 0.3) is 0 Å². The SMILES string of the molecule is CCC([SiH2]C)(SOC)SOC. The van der Waals surface area contributed by atoms with Crippen molar-refractivity contribution >= 4 is 33.6 Å². The molecule has 0 atom stereocenters. The molecule has 0 aliphatic rings. The summed E-state index contributed by atoms with van der Waals surface area (Å²) in [5.74, 6) is 0. The van der Waals surface area contributed by atoms with Crippen LogP contribution in [0.5, 0.6) is 0 Å². The number of rotatable bonds is 6. The van der Waals surface area contributed by atoms with E-state index in [2.05, 4.69) is 13.5 Å². The monoisotopic (exact) mass is 212 g/mol. The van der Waals surface area contributed by atoms with Crippen molar-refractivity contribution in [1.29, 1.82) is 0 Å². The van der Waals surface area contributed by atoms with Gasteiger partial charge >= 0.3 is 0 Å². The Morgan fingerprint density at radius 2 is 1.73 bits per heavy atom. The van der Waals surface area contributed by atoms with E-state index in [0.717, 1.165) is 6.42 Å². The second kappa shape index (κ2) is 6.36. The van der Waals surface area contributed by atoms with Gasteiger partial charge in [-0.1, -0.05) is 13.5 Å². The van der Waals surface area contributed by atoms with E-state index < -0.39 is 0 Å². The van der Waals surface area contributed by atoms with Crippen LogP contribution in [-0.2, 0) is 8.37 Å². The van der Waals surface area contributed by atoms with Crippen molar-refractivity contribution in [2.75, 3.05) is 14.2 Å². The lowest BCUT2D eigenvalue weighted by Crippen LogP contribution is -2.25. The van der Waals surface area contributed by atoms with Gasteiger partial charge in [-0.2, -0.15) is 0 Å². The molecule has 0 unspecified atom stereocenters. The third-order valence-electron chi connectivity index (χ3n) is 1.55. The highest BCUT2D eigenvalue weighted by Gasteiger charge is 2.29. The van der Waals surface area contributed by atoms with Crippen LogP contribution in [0.25, 0.3) is 0 Å². The zero-order valence-electron chi connectivity index (χ0n) is 7.55. The van der Waals surface area contributed by atoms with Gasteiger partial charge in [-0.3, -0.25) is 0 Å². The molecular formula is C6H16O2S2Si. The second-order valence-electron chi connectivity index (χ2n) is 2.12. The summed E-state index contributed by atoms with van der Waals surface area (Å²) in [4.78, 5) is 0. The van der Waals surface area contributed by atoms with Crippen LogP contribution in [-0.4, -0.2) is 27.4 Å². The van der Waals surface area contributed by atoms with Gasteiger partial charge in [-0.15, -0.1) is 0 Å². The first-order valence-corrected chi connectivity index (χ1v) is 7.28. The standard InChI is InChI=1S/C6H16O2S2Si/c1-5-6(11-4,9-7-2)10-8-3/h5,11H2,1-4H3. The van der Waals surface area contributed by atoms with Gasteiger partial charge in [0.1, 0.15) is 0 Å². The Hall–Kier alpha value is 0.837. The minimum atomic E-state index is -0.125. The molecule has 0 saturated carbocycles. The summed E-state index contributed by atoms with van der Waals surface area (Å²) >= 11 is 3.10. The van der Waals surface area contributed by atoms with Crippen LogP contribution < -0.4 is 0 Å². The highest BCUT2D eigenvalue weighted by atomic mass is 32.2. The smallest absolute Gasteiger partial charge is 0.0966 e. The molecule has 0 aromatic rings. The highest BCUT2D eigenvalue weighted by Crippen LogP contribution is 2.39. The van der Waals surface area contributed by atoms with Crippen LogP contribution in [0.15, 0.2) is 0 Å². The first-order chi connectivity index (χ1) is 5.24. The molecule has 0 heterocycles. The fourth-order valence-electron chi connectivity index (χ4n) is 0.803. The fourth-order valence-corrected chi connectivity index (χ4v) is 4.32. The number of hydrogen-bond donors (Lipinski definition) is 0. The molecule has 2 nitrogen and oxygen atoms in total. The van der Waals surface area contributed by atoms with Crippen LogP contribution in [0, 0.1) is 0 Å². The summed E-state index contributed by atoms with van der Waals surface area (Å²) in [5, 5.41) is 0. The Labute approximate surface area is 80.0 Å². The molecule has 0 spiro atoms. The van der Waals surface area contributed by atoms with E-state index in [4.69, 9.17) is 8.37 Å². The van der Waals surface area contributed by atoms with Gasteiger partial charge in [0.05, 0.1) is 27.4 Å². The molecule has 0 fully saturated rings. The quantitative estimate of drug-likeness (QED) is 0.380. The van der Waals surface area contributed by atoms with E-state index in [1.807, 2.05) is 0 Å². The minimum absolute atomic E-state index is 0.125. The van der Waals surface area contributed by atoms with Crippen LogP contribution in [0.4, 0.5) is 0 Å². The zero-order chi connectivity index (χ0) is 8.74. The fraction of sp³-hybridized carbons (Fsp3) is 1.00. The summed E-state index contributed by atoms with van der Waals surface area (Å²) < 4.78 is 10.4. The molecule has 11 heavy (non-hydrogen) atoms. The summed E-state index contributed by atoms with van der Waals surface area (Å²) in [6, 6.07) is 0. The Balaban J connectivity index is 3.96. The molecule has 0 aromatic carbocycles. The van der Waals surface area contributed by atoms with Gasteiger partial charge in [0, 0.05) is 24.1 Å². The third-order valence-corrected chi connectivity index (χ3v) is 7.49. The van der Waals surface area contributed by atoms with Crippen molar-refractivity contribution in [2.24, 2.45) is 0 Å². The molecule has 0 rings (SSSR count). The summed E-state index contributed by atoms with van der Waals surface area (Å²) in [7, 11) is 3.31. The van der Waals surface area contributed by atoms with E-state index in [1.165, 1.54) is 0 Å². The minimum Gasteiger partial charge on any atom is -0.317 e. The maximum atomic E-state index is 5.09.